The first-order chi connectivity index (χ1) is 9.28. The van der Waals surface area contributed by atoms with Crippen LogP contribution in [0.2, 0.25) is 5.15 Å². The van der Waals surface area contributed by atoms with Crippen molar-refractivity contribution >= 4 is 33.0 Å². The largest absolute Gasteiger partial charge is 0.399 e. The molecule has 0 radical (unpaired) electrons. The smallest absolute Gasteiger partial charge is 0.262 e. The Morgan fingerprint density at radius 2 is 2.00 bits per heavy atom. The second kappa shape index (κ2) is 5.26. The van der Waals surface area contributed by atoms with Crippen molar-refractivity contribution in [2.24, 2.45) is 0 Å². The third-order valence-corrected chi connectivity index (χ3v) is 4.23. The van der Waals surface area contributed by atoms with Gasteiger partial charge in [0.05, 0.1) is 16.8 Å². The summed E-state index contributed by atoms with van der Waals surface area (Å²) in [4.78, 5) is 3.57. The minimum absolute atomic E-state index is 0.0239. The van der Waals surface area contributed by atoms with Crippen LogP contribution in [0.5, 0.6) is 0 Å². The zero-order chi connectivity index (χ0) is 14.9. The monoisotopic (exact) mass is 315 g/mol. The van der Waals surface area contributed by atoms with Gasteiger partial charge in [-0.1, -0.05) is 11.6 Å². The van der Waals surface area contributed by atoms with Crippen molar-refractivity contribution in [3.8, 4) is 0 Å². The van der Waals surface area contributed by atoms with E-state index in [1.165, 1.54) is 18.3 Å². The highest BCUT2D eigenvalue weighted by molar-refractivity contribution is 7.92. The fraction of sp³-hybridized carbons (Fsp3) is 0.0833. The van der Waals surface area contributed by atoms with Gasteiger partial charge < -0.3 is 5.73 Å². The molecule has 0 saturated heterocycles. The van der Waals surface area contributed by atoms with Crippen LogP contribution in [0.25, 0.3) is 0 Å². The van der Waals surface area contributed by atoms with Crippen molar-refractivity contribution in [2.75, 3.05) is 10.5 Å². The number of aryl methyl sites for hydroxylation is 1. The van der Waals surface area contributed by atoms with Crippen LogP contribution in [0, 0.1) is 12.7 Å². The van der Waals surface area contributed by atoms with Gasteiger partial charge in [-0.05, 0) is 36.8 Å². The number of halogens is 2. The maximum absolute atomic E-state index is 13.2. The van der Waals surface area contributed by atoms with E-state index in [0.29, 0.717) is 5.56 Å². The van der Waals surface area contributed by atoms with Gasteiger partial charge in [0.2, 0.25) is 0 Å². The molecule has 0 spiro atoms. The molecule has 1 aromatic heterocycles. The summed E-state index contributed by atoms with van der Waals surface area (Å²) in [6.07, 6.45) is 1.27. The summed E-state index contributed by atoms with van der Waals surface area (Å²) < 4.78 is 39.7. The summed E-state index contributed by atoms with van der Waals surface area (Å²) in [6, 6.07) is 4.61. The standard InChI is InChI=1S/C12H11ClFN3O2S/c1-7-2-10(6-16-12(7)13)17-20(18,19)11-4-8(14)3-9(15)5-11/h2-6,17H,15H2,1H3. The number of nitrogens with two attached hydrogens (primary N) is 1. The first-order valence-electron chi connectivity index (χ1n) is 5.49. The molecular formula is C12H11ClFN3O2S. The molecule has 2 aromatic rings. The fourth-order valence-electron chi connectivity index (χ4n) is 1.57. The molecule has 0 aliphatic rings. The Kier molecular flexibility index (Phi) is 3.82. The van der Waals surface area contributed by atoms with E-state index in [4.69, 9.17) is 17.3 Å². The van der Waals surface area contributed by atoms with Crippen molar-refractivity contribution in [1.82, 2.24) is 4.98 Å². The van der Waals surface area contributed by atoms with Crippen LogP contribution in [0.1, 0.15) is 5.56 Å². The summed E-state index contributed by atoms with van der Waals surface area (Å²) in [7, 11) is -3.94. The van der Waals surface area contributed by atoms with Crippen molar-refractivity contribution in [2.45, 2.75) is 11.8 Å². The topological polar surface area (TPSA) is 85.1 Å². The number of aromatic nitrogens is 1. The van der Waals surface area contributed by atoms with Crippen LogP contribution in [-0.2, 0) is 10.0 Å². The molecule has 0 unspecified atom stereocenters. The Morgan fingerprint density at radius 1 is 1.30 bits per heavy atom. The Hall–Kier alpha value is -1.86. The SMILES string of the molecule is Cc1cc(NS(=O)(=O)c2cc(N)cc(F)c2)cnc1Cl. The van der Waals surface area contributed by atoms with E-state index < -0.39 is 15.8 Å². The van der Waals surface area contributed by atoms with Gasteiger partial charge in [-0.25, -0.2) is 17.8 Å². The predicted molar refractivity (Wildman–Crippen MR) is 75.6 cm³/mol. The van der Waals surface area contributed by atoms with E-state index in [0.717, 1.165) is 12.1 Å². The minimum Gasteiger partial charge on any atom is -0.399 e. The number of anilines is 2. The molecule has 0 atom stereocenters. The van der Waals surface area contributed by atoms with Gasteiger partial charge in [0.1, 0.15) is 11.0 Å². The molecule has 1 aromatic carbocycles. The number of sulfonamides is 1. The summed E-state index contributed by atoms with van der Waals surface area (Å²) in [6.45, 7) is 1.69. The minimum atomic E-state index is -3.94. The first kappa shape index (κ1) is 14.5. The second-order valence-corrected chi connectivity index (χ2v) is 6.20. The summed E-state index contributed by atoms with van der Waals surface area (Å²) in [5.41, 5.74) is 6.30. The van der Waals surface area contributed by atoms with Crippen molar-refractivity contribution in [3.05, 3.63) is 47.0 Å². The quantitative estimate of drug-likeness (QED) is 0.673. The third kappa shape index (κ3) is 3.17. The van der Waals surface area contributed by atoms with Gasteiger partial charge in [0, 0.05) is 5.69 Å². The van der Waals surface area contributed by atoms with Crippen LogP contribution in [-0.4, -0.2) is 13.4 Å². The van der Waals surface area contributed by atoms with Crippen LogP contribution < -0.4 is 10.5 Å². The number of rotatable bonds is 3. The van der Waals surface area contributed by atoms with E-state index in [9.17, 15) is 12.8 Å². The molecule has 0 aliphatic carbocycles. The maximum Gasteiger partial charge on any atom is 0.262 e. The molecule has 8 heteroatoms. The molecule has 0 aliphatic heterocycles. The molecule has 0 bridgehead atoms. The lowest BCUT2D eigenvalue weighted by Crippen LogP contribution is -2.14. The number of pyridine rings is 1. The highest BCUT2D eigenvalue weighted by Crippen LogP contribution is 2.21. The van der Waals surface area contributed by atoms with Gasteiger partial charge in [-0.3, -0.25) is 4.72 Å². The van der Waals surface area contributed by atoms with E-state index in [1.807, 2.05) is 0 Å². The Bertz CT molecular complexity index is 745. The van der Waals surface area contributed by atoms with Gasteiger partial charge in [-0.15, -0.1) is 0 Å². The van der Waals surface area contributed by atoms with Crippen molar-refractivity contribution in [1.29, 1.82) is 0 Å². The van der Waals surface area contributed by atoms with Crippen LogP contribution >= 0.6 is 11.6 Å². The number of hydrogen-bond donors (Lipinski definition) is 2. The van der Waals surface area contributed by atoms with Gasteiger partial charge in [-0.2, -0.15) is 0 Å². The number of nitrogens with zero attached hydrogens (tertiary/aromatic N) is 1. The third-order valence-electron chi connectivity index (χ3n) is 2.47. The average Bonchev–Trinajstić information content (AvgIpc) is 2.32. The van der Waals surface area contributed by atoms with E-state index in [2.05, 4.69) is 9.71 Å². The fourth-order valence-corrected chi connectivity index (χ4v) is 2.77. The van der Waals surface area contributed by atoms with Gasteiger partial charge in [0.25, 0.3) is 10.0 Å². The Balaban J connectivity index is 2.37. The second-order valence-electron chi connectivity index (χ2n) is 4.16. The lowest BCUT2D eigenvalue weighted by molar-refractivity contribution is 0.595. The maximum atomic E-state index is 13.2. The molecule has 106 valence electrons. The van der Waals surface area contributed by atoms with Crippen molar-refractivity contribution in [3.63, 3.8) is 0 Å². The summed E-state index contributed by atoms with van der Waals surface area (Å²) in [5.74, 6) is -0.726. The lowest BCUT2D eigenvalue weighted by Gasteiger charge is -2.09. The van der Waals surface area contributed by atoms with Gasteiger partial charge in [0.15, 0.2) is 0 Å². The normalized spacial score (nSPS) is 11.3. The van der Waals surface area contributed by atoms with E-state index in [-0.39, 0.29) is 21.4 Å². The number of nitrogens with one attached hydrogen (secondary N) is 1. The highest BCUT2D eigenvalue weighted by Gasteiger charge is 2.16. The van der Waals surface area contributed by atoms with Crippen LogP contribution in [0.15, 0.2) is 35.4 Å². The zero-order valence-corrected chi connectivity index (χ0v) is 12.0. The first-order valence-corrected chi connectivity index (χ1v) is 7.35. The summed E-state index contributed by atoms with van der Waals surface area (Å²) in [5, 5.41) is 0.281. The number of benzene rings is 1. The lowest BCUT2D eigenvalue weighted by atomic mass is 10.3. The molecule has 20 heavy (non-hydrogen) atoms. The molecular weight excluding hydrogens is 305 g/mol. The molecule has 0 fully saturated rings. The summed E-state index contributed by atoms with van der Waals surface area (Å²) >= 11 is 5.76. The Labute approximate surface area is 120 Å². The molecule has 0 saturated carbocycles. The number of hydrogen-bond acceptors (Lipinski definition) is 4. The molecule has 0 amide bonds. The average molecular weight is 316 g/mol. The van der Waals surface area contributed by atoms with Crippen LogP contribution in [0.4, 0.5) is 15.8 Å². The Morgan fingerprint density at radius 3 is 2.60 bits per heavy atom. The predicted octanol–water partition coefficient (Wildman–Crippen LogP) is 2.57. The molecule has 2 rings (SSSR count). The van der Waals surface area contributed by atoms with E-state index in [1.54, 1.807) is 6.92 Å². The molecule has 3 N–H and O–H groups in total. The van der Waals surface area contributed by atoms with Crippen LogP contribution in [0.3, 0.4) is 0 Å². The zero-order valence-electron chi connectivity index (χ0n) is 10.4. The number of nitrogen functional groups attached to an aromatic ring is 1. The van der Waals surface area contributed by atoms with Crippen molar-refractivity contribution < 1.29 is 12.8 Å². The van der Waals surface area contributed by atoms with E-state index >= 15 is 0 Å². The molecule has 1 heterocycles. The highest BCUT2D eigenvalue weighted by atomic mass is 35.5. The van der Waals surface area contributed by atoms with Gasteiger partial charge >= 0.3 is 0 Å². The molecule has 5 nitrogen and oxygen atoms in total.